The van der Waals surface area contributed by atoms with E-state index in [-0.39, 0.29) is 21.5 Å². The number of fused-ring (bicyclic) bond motifs is 1. The zero-order valence-corrected chi connectivity index (χ0v) is 25.3. The number of halogens is 6. The predicted octanol–water partition coefficient (Wildman–Crippen LogP) is 6.71. The molecule has 13 heteroatoms. The Labute approximate surface area is 256 Å². The Hall–Kier alpha value is -3.31. The summed E-state index contributed by atoms with van der Waals surface area (Å²) in [6, 6.07) is 11.5. The largest absolute Gasteiger partial charge is 0.463 e. The van der Waals surface area contributed by atoms with E-state index in [2.05, 4.69) is 4.99 Å². The fourth-order valence-corrected chi connectivity index (χ4v) is 6.31. The Morgan fingerprint density at radius 2 is 1.76 bits per heavy atom. The van der Waals surface area contributed by atoms with E-state index < -0.39 is 35.0 Å². The first-order valence-corrected chi connectivity index (χ1v) is 14.5. The van der Waals surface area contributed by atoms with Crippen LogP contribution in [0.5, 0.6) is 0 Å². The van der Waals surface area contributed by atoms with Crippen molar-refractivity contribution in [2.45, 2.75) is 33.0 Å². The zero-order valence-electron chi connectivity index (χ0n) is 22.2. The number of esters is 1. The number of carbonyl (C=O) groups is 1. The lowest BCUT2D eigenvalue weighted by atomic mass is 9.95. The summed E-state index contributed by atoms with van der Waals surface area (Å²) >= 11 is 19.1. The van der Waals surface area contributed by atoms with E-state index in [9.17, 15) is 22.8 Å². The smallest absolute Gasteiger partial charge is 0.434 e. The molecule has 218 valence electrons. The zero-order chi connectivity index (χ0) is 30.5. The van der Waals surface area contributed by atoms with Gasteiger partial charge in [0.15, 0.2) is 10.5 Å². The lowest BCUT2D eigenvalue weighted by Crippen LogP contribution is -2.41. The number of aryl methyl sites for hydroxylation is 1. The molecule has 6 nitrogen and oxygen atoms in total. The highest BCUT2D eigenvalue weighted by atomic mass is 35.5. The molecule has 1 atom stereocenters. The van der Waals surface area contributed by atoms with E-state index in [1.165, 1.54) is 31.2 Å². The van der Waals surface area contributed by atoms with Crippen molar-refractivity contribution >= 4 is 58.2 Å². The van der Waals surface area contributed by atoms with Crippen molar-refractivity contribution in [1.29, 1.82) is 0 Å². The van der Waals surface area contributed by atoms with Crippen molar-refractivity contribution in [1.82, 2.24) is 9.13 Å². The number of allylic oxidation sites excluding steroid dienone is 1. The molecule has 0 fully saturated rings. The first kappa shape index (κ1) is 30.2. The van der Waals surface area contributed by atoms with Gasteiger partial charge < -0.3 is 9.30 Å². The van der Waals surface area contributed by atoms with E-state index in [1.54, 1.807) is 24.3 Å². The van der Waals surface area contributed by atoms with E-state index in [4.69, 9.17) is 39.5 Å². The Kier molecular flexibility index (Phi) is 8.19. The molecule has 0 N–H and O–H groups in total. The predicted molar refractivity (Wildman–Crippen MR) is 157 cm³/mol. The third-order valence-corrected chi connectivity index (χ3v) is 8.67. The van der Waals surface area contributed by atoms with Crippen LogP contribution in [-0.4, -0.2) is 27.9 Å². The molecule has 1 aliphatic heterocycles. The summed E-state index contributed by atoms with van der Waals surface area (Å²) in [6.07, 6.45) is -3.40. The van der Waals surface area contributed by atoms with Crippen molar-refractivity contribution in [2.75, 3.05) is 6.61 Å². The van der Waals surface area contributed by atoms with Gasteiger partial charge in [0.25, 0.3) is 5.56 Å². The number of alkyl halides is 3. The maximum Gasteiger partial charge on any atom is 0.434 e. The maximum atomic E-state index is 14.3. The topological polar surface area (TPSA) is 65.6 Å². The highest BCUT2D eigenvalue weighted by Gasteiger charge is 2.45. The molecule has 0 radical (unpaired) electrons. The molecule has 1 aliphatic rings. The summed E-state index contributed by atoms with van der Waals surface area (Å²) in [5.74, 6) is -1.21. The number of hydrogen-bond donors (Lipinski definition) is 0. The summed E-state index contributed by atoms with van der Waals surface area (Å²) in [5.41, 5.74) is 0.437. The minimum atomic E-state index is -4.99. The Bertz CT molecular complexity index is 1940. The minimum absolute atomic E-state index is 0.133. The van der Waals surface area contributed by atoms with Crippen LogP contribution in [0.3, 0.4) is 0 Å². The highest BCUT2D eigenvalue weighted by Crippen LogP contribution is 2.38. The van der Waals surface area contributed by atoms with Crippen LogP contribution < -0.4 is 14.9 Å². The standard InChI is InChI=1S/C29H21Cl3F3N3O3S/c1-4-41-27(40)23-24(16-5-7-18(30)8-6-16)38-26(39)22(42-28(38)36-25(23)29(33,34)35)12-17-11-14(2)37(15(17)3)19-9-10-20(31)21(32)13-19/h5-13,24H,4H2,1-3H3/b22-12-/t24-/m0/s1. The monoisotopic (exact) mass is 653 g/mol. The Morgan fingerprint density at radius 3 is 2.38 bits per heavy atom. The fraction of sp³-hybridized carbons (Fsp3) is 0.207. The first-order chi connectivity index (χ1) is 19.8. The number of hydrogen-bond acceptors (Lipinski definition) is 5. The van der Waals surface area contributed by atoms with Crippen LogP contribution in [0.25, 0.3) is 11.8 Å². The maximum absolute atomic E-state index is 14.3. The average molecular weight is 655 g/mol. The molecule has 5 rings (SSSR count). The summed E-state index contributed by atoms with van der Waals surface area (Å²) in [4.78, 5) is 30.4. The van der Waals surface area contributed by atoms with Crippen molar-refractivity contribution in [2.24, 2.45) is 4.99 Å². The normalized spacial score (nSPS) is 15.5. The van der Waals surface area contributed by atoms with Crippen molar-refractivity contribution < 1.29 is 22.7 Å². The van der Waals surface area contributed by atoms with E-state index in [0.717, 1.165) is 33.0 Å². The second kappa shape index (κ2) is 11.4. The van der Waals surface area contributed by atoms with Crippen molar-refractivity contribution in [3.63, 3.8) is 0 Å². The molecule has 0 spiro atoms. The summed E-state index contributed by atoms with van der Waals surface area (Å²) in [7, 11) is 0. The molecule has 0 saturated carbocycles. The summed E-state index contributed by atoms with van der Waals surface area (Å²) < 4.78 is 51.1. The van der Waals surface area contributed by atoms with Crippen molar-refractivity contribution in [3.8, 4) is 5.69 Å². The van der Waals surface area contributed by atoms with Gasteiger partial charge in [-0.25, -0.2) is 9.79 Å². The van der Waals surface area contributed by atoms with Crippen LogP contribution in [0.2, 0.25) is 15.1 Å². The number of nitrogens with zero attached hydrogens (tertiary/aromatic N) is 3. The van der Waals surface area contributed by atoms with E-state index in [0.29, 0.717) is 20.6 Å². The Balaban J connectivity index is 1.75. The molecular weight excluding hydrogens is 634 g/mol. The van der Waals surface area contributed by atoms with Gasteiger partial charge in [-0.15, -0.1) is 0 Å². The second-order valence-corrected chi connectivity index (χ2v) is 11.6. The molecule has 42 heavy (non-hydrogen) atoms. The third-order valence-electron chi connectivity index (χ3n) is 6.70. The van der Waals surface area contributed by atoms with Crippen LogP contribution in [-0.2, 0) is 9.53 Å². The van der Waals surface area contributed by atoms with Gasteiger partial charge in [-0.1, -0.05) is 58.3 Å². The van der Waals surface area contributed by atoms with Gasteiger partial charge >= 0.3 is 12.1 Å². The molecule has 0 amide bonds. The lowest BCUT2D eigenvalue weighted by molar-refractivity contribution is -0.140. The average Bonchev–Trinajstić information content (AvgIpc) is 3.39. The van der Waals surface area contributed by atoms with Crippen LogP contribution in [0.4, 0.5) is 13.2 Å². The van der Waals surface area contributed by atoms with Crippen molar-refractivity contribution in [3.05, 3.63) is 117 Å². The molecule has 3 heterocycles. The number of carbonyl (C=O) groups excluding carboxylic acids is 1. The SMILES string of the molecule is CCOC(=O)C1=C(C(F)(F)F)N=c2s/c(=C\c3cc(C)n(-c4ccc(Cl)c(Cl)c4)c3C)c(=O)n2[C@H]1c1ccc(Cl)cc1. The summed E-state index contributed by atoms with van der Waals surface area (Å²) in [5, 5.41) is 1.11. The number of aromatic nitrogens is 2. The third kappa shape index (κ3) is 5.44. The number of ether oxygens (including phenoxy) is 1. The fourth-order valence-electron chi connectivity index (χ4n) is 4.90. The first-order valence-electron chi connectivity index (χ1n) is 12.5. The lowest BCUT2D eigenvalue weighted by Gasteiger charge is -2.26. The molecule has 4 aromatic rings. The van der Waals surface area contributed by atoms with Crippen LogP contribution in [0.15, 0.2) is 69.6 Å². The van der Waals surface area contributed by atoms with Gasteiger partial charge in [0.1, 0.15) is 0 Å². The Morgan fingerprint density at radius 1 is 1.07 bits per heavy atom. The molecule has 0 saturated heterocycles. The van der Waals surface area contributed by atoms with Gasteiger partial charge in [-0.3, -0.25) is 9.36 Å². The van der Waals surface area contributed by atoms with E-state index in [1.807, 2.05) is 24.5 Å². The second-order valence-electron chi connectivity index (χ2n) is 9.38. The molecule has 0 bridgehead atoms. The van der Waals surface area contributed by atoms with E-state index >= 15 is 0 Å². The van der Waals surface area contributed by atoms with Gasteiger partial charge in [0.05, 0.1) is 32.8 Å². The molecule has 2 aromatic heterocycles. The van der Waals surface area contributed by atoms with Crippen LogP contribution >= 0.6 is 46.1 Å². The van der Waals surface area contributed by atoms with Crippen LogP contribution in [0.1, 0.15) is 35.5 Å². The van der Waals surface area contributed by atoms with Gasteiger partial charge in [-0.05, 0) is 74.4 Å². The van der Waals surface area contributed by atoms with Crippen LogP contribution in [0, 0.1) is 13.8 Å². The van der Waals surface area contributed by atoms with Gasteiger partial charge in [-0.2, -0.15) is 13.2 Å². The van der Waals surface area contributed by atoms with Gasteiger partial charge in [0.2, 0.25) is 0 Å². The number of rotatable bonds is 5. The molecule has 0 aliphatic carbocycles. The summed E-state index contributed by atoms with van der Waals surface area (Å²) in [6.45, 7) is 5.03. The quantitative estimate of drug-likeness (QED) is 0.225. The highest BCUT2D eigenvalue weighted by molar-refractivity contribution is 7.07. The number of thiazole rings is 1. The minimum Gasteiger partial charge on any atom is -0.463 e. The number of benzene rings is 2. The van der Waals surface area contributed by atoms with Gasteiger partial charge in [0, 0.05) is 22.1 Å². The molecular formula is C29H21Cl3F3N3O3S. The molecule has 2 aromatic carbocycles. The molecule has 0 unspecified atom stereocenters.